The fraction of sp³-hybridized carbons (Fsp3) is 0.600. The van der Waals surface area contributed by atoms with Crippen LogP contribution >= 0.6 is 0 Å². The van der Waals surface area contributed by atoms with Crippen LogP contribution in [0.1, 0.15) is 44.2 Å². The van der Waals surface area contributed by atoms with Crippen molar-refractivity contribution in [2.24, 2.45) is 5.92 Å². The van der Waals surface area contributed by atoms with Crippen molar-refractivity contribution < 1.29 is 9.59 Å². The Hall–Kier alpha value is -1.88. The maximum Gasteiger partial charge on any atom is 0.243 e. The van der Waals surface area contributed by atoms with Gasteiger partial charge in [0, 0.05) is 31.5 Å². The molecule has 3 rings (SSSR count). The monoisotopic (exact) mass is 343 g/mol. The summed E-state index contributed by atoms with van der Waals surface area (Å²) in [6, 6.07) is 7.90. The van der Waals surface area contributed by atoms with Crippen LogP contribution in [0.5, 0.6) is 0 Å². The Morgan fingerprint density at radius 2 is 2.08 bits per heavy atom. The minimum Gasteiger partial charge on any atom is -0.350 e. The zero-order valence-electron chi connectivity index (χ0n) is 15.3. The molecule has 1 saturated heterocycles. The molecule has 0 spiro atoms. The zero-order valence-corrected chi connectivity index (χ0v) is 15.3. The van der Waals surface area contributed by atoms with E-state index in [2.05, 4.69) is 22.8 Å². The highest BCUT2D eigenvalue weighted by atomic mass is 16.2. The van der Waals surface area contributed by atoms with E-state index < -0.39 is 6.04 Å². The molecule has 0 saturated carbocycles. The van der Waals surface area contributed by atoms with E-state index in [0.29, 0.717) is 13.0 Å². The molecule has 2 N–H and O–H groups in total. The molecule has 2 aliphatic rings. The number of carbonyl (C=O) groups is 2. The molecule has 0 aromatic heterocycles. The van der Waals surface area contributed by atoms with Crippen LogP contribution in [0.25, 0.3) is 0 Å². The van der Waals surface area contributed by atoms with E-state index in [0.717, 1.165) is 37.9 Å². The summed E-state index contributed by atoms with van der Waals surface area (Å²) in [5, 5.41) is 6.49. The Balaban J connectivity index is 1.79. The molecular weight excluding hydrogens is 314 g/mol. The number of nitrogens with one attached hydrogen (secondary N) is 2. The highest BCUT2D eigenvalue weighted by Crippen LogP contribution is 2.25. The molecule has 1 aromatic rings. The number of nitrogens with zero attached hydrogens (tertiary/aromatic N) is 1. The van der Waals surface area contributed by atoms with Gasteiger partial charge in [0.1, 0.15) is 6.04 Å². The van der Waals surface area contributed by atoms with Crippen molar-refractivity contribution in [3.63, 3.8) is 0 Å². The van der Waals surface area contributed by atoms with Crippen LogP contribution in [0, 0.1) is 5.92 Å². The van der Waals surface area contributed by atoms with Gasteiger partial charge in [0.25, 0.3) is 0 Å². The second-order valence-electron chi connectivity index (χ2n) is 7.32. The first-order chi connectivity index (χ1) is 12.1. The van der Waals surface area contributed by atoms with Gasteiger partial charge in [0.15, 0.2) is 0 Å². The second kappa shape index (κ2) is 8.00. The third kappa shape index (κ3) is 4.03. The topological polar surface area (TPSA) is 61.4 Å². The van der Waals surface area contributed by atoms with Crippen molar-refractivity contribution in [3.05, 3.63) is 35.4 Å². The molecule has 5 nitrogen and oxygen atoms in total. The molecule has 0 aliphatic carbocycles. The number of fused-ring (bicyclic) bond motifs is 1. The van der Waals surface area contributed by atoms with Gasteiger partial charge in [-0.15, -0.1) is 0 Å². The first-order valence-corrected chi connectivity index (χ1v) is 9.48. The number of hydrogen-bond donors (Lipinski definition) is 2. The number of hydrogen-bond acceptors (Lipinski definition) is 3. The van der Waals surface area contributed by atoms with Crippen molar-refractivity contribution in [1.29, 1.82) is 0 Å². The molecule has 2 heterocycles. The summed E-state index contributed by atoms with van der Waals surface area (Å²) in [6.07, 6.45) is 3.47. The average molecular weight is 343 g/mol. The number of carbonyl (C=O) groups excluding carboxylic acids is 2. The van der Waals surface area contributed by atoms with Crippen molar-refractivity contribution >= 4 is 11.8 Å². The van der Waals surface area contributed by atoms with Gasteiger partial charge in [0.05, 0.1) is 0 Å². The molecule has 5 heteroatoms. The maximum atomic E-state index is 13.0. The predicted octanol–water partition coefficient (Wildman–Crippen LogP) is 1.85. The van der Waals surface area contributed by atoms with Gasteiger partial charge in [0.2, 0.25) is 11.8 Å². The van der Waals surface area contributed by atoms with E-state index in [9.17, 15) is 9.59 Å². The van der Waals surface area contributed by atoms with E-state index in [-0.39, 0.29) is 23.8 Å². The number of benzene rings is 1. The number of piperidine rings is 1. The van der Waals surface area contributed by atoms with Crippen LogP contribution in [-0.4, -0.2) is 41.9 Å². The molecule has 25 heavy (non-hydrogen) atoms. The Labute approximate surface area is 150 Å². The smallest absolute Gasteiger partial charge is 0.243 e. The maximum absolute atomic E-state index is 13.0. The van der Waals surface area contributed by atoms with Gasteiger partial charge in [-0.05, 0) is 36.9 Å². The van der Waals surface area contributed by atoms with E-state index in [1.807, 2.05) is 26.0 Å². The molecule has 2 amide bonds. The number of rotatable bonds is 4. The van der Waals surface area contributed by atoms with Crippen LogP contribution in [0.4, 0.5) is 0 Å². The normalized spacial score (nSPS) is 24.3. The third-order valence-electron chi connectivity index (χ3n) is 5.51. The van der Waals surface area contributed by atoms with Crippen molar-refractivity contribution in [3.8, 4) is 0 Å². The van der Waals surface area contributed by atoms with Crippen molar-refractivity contribution in [2.45, 2.75) is 58.2 Å². The Morgan fingerprint density at radius 1 is 1.32 bits per heavy atom. The highest BCUT2D eigenvalue weighted by Gasteiger charge is 2.36. The van der Waals surface area contributed by atoms with Crippen LogP contribution in [0.3, 0.4) is 0 Å². The molecule has 136 valence electrons. The first-order valence-electron chi connectivity index (χ1n) is 9.48. The minimum atomic E-state index is -0.404. The summed E-state index contributed by atoms with van der Waals surface area (Å²) in [4.78, 5) is 27.6. The lowest BCUT2D eigenvalue weighted by Crippen LogP contribution is -2.57. The lowest BCUT2D eigenvalue weighted by atomic mass is 9.91. The average Bonchev–Trinajstić information content (AvgIpc) is 2.66. The zero-order chi connectivity index (χ0) is 17.8. The molecular formula is C20H29N3O2. The van der Waals surface area contributed by atoms with Crippen LogP contribution < -0.4 is 10.6 Å². The summed E-state index contributed by atoms with van der Waals surface area (Å²) >= 11 is 0. The predicted molar refractivity (Wildman–Crippen MR) is 98.0 cm³/mol. The molecule has 1 fully saturated rings. The van der Waals surface area contributed by atoms with Gasteiger partial charge in [-0.3, -0.25) is 9.59 Å². The SMILES string of the molecule is CCC(C)C(=O)N1Cc2ccccc2CC1C(=O)N[C@H]1CCCNC1. The summed E-state index contributed by atoms with van der Waals surface area (Å²) in [7, 11) is 0. The third-order valence-corrected chi connectivity index (χ3v) is 5.51. The standard InChI is InChI=1S/C20H29N3O2/c1-3-14(2)20(25)23-13-16-8-5-4-7-15(16)11-18(23)19(24)22-17-9-6-10-21-12-17/h4-5,7-8,14,17-18,21H,3,6,9-13H2,1-2H3,(H,22,24)/t14?,17-,18?/m0/s1. The minimum absolute atomic E-state index is 0.0140. The van der Waals surface area contributed by atoms with Gasteiger partial charge in [-0.1, -0.05) is 38.1 Å². The Bertz CT molecular complexity index is 625. The molecule has 2 unspecified atom stereocenters. The quantitative estimate of drug-likeness (QED) is 0.877. The highest BCUT2D eigenvalue weighted by molar-refractivity contribution is 5.89. The lowest BCUT2D eigenvalue weighted by molar-refractivity contribution is -0.145. The summed E-state index contributed by atoms with van der Waals surface area (Å²) in [5.74, 6) is 0.00990. The molecule has 0 bridgehead atoms. The van der Waals surface area contributed by atoms with Gasteiger partial charge in [-0.25, -0.2) is 0 Å². The Kier molecular flexibility index (Phi) is 5.74. The van der Waals surface area contributed by atoms with E-state index >= 15 is 0 Å². The number of amides is 2. The van der Waals surface area contributed by atoms with E-state index in [4.69, 9.17) is 0 Å². The summed E-state index contributed by atoms with van der Waals surface area (Å²) < 4.78 is 0. The molecule has 0 radical (unpaired) electrons. The van der Waals surface area contributed by atoms with Gasteiger partial charge >= 0.3 is 0 Å². The van der Waals surface area contributed by atoms with Crippen molar-refractivity contribution in [1.82, 2.24) is 15.5 Å². The molecule has 2 aliphatic heterocycles. The fourth-order valence-corrected chi connectivity index (χ4v) is 3.72. The van der Waals surface area contributed by atoms with Crippen LogP contribution in [0.2, 0.25) is 0 Å². The second-order valence-corrected chi connectivity index (χ2v) is 7.32. The van der Waals surface area contributed by atoms with Crippen LogP contribution in [-0.2, 0) is 22.6 Å². The molecule has 1 aromatic carbocycles. The summed E-state index contributed by atoms with van der Waals surface area (Å²) in [6.45, 7) is 6.32. The van der Waals surface area contributed by atoms with Gasteiger partial charge in [-0.2, -0.15) is 0 Å². The lowest BCUT2D eigenvalue weighted by Gasteiger charge is -2.38. The first kappa shape index (κ1) is 17.9. The largest absolute Gasteiger partial charge is 0.350 e. The fourth-order valence-electron chi connectivity index (χ4n) is 3.72. The van der Waals surface area contributed by atoms with E-state index in [1.165, 1.54) is 5.56 Å². The summed E-state index contributed by atoms with van der Waals surface area (Å²) in [5.41, 5.74) is 2.33. The molecule has 3 atom stereocenters. The van der Waals surface area contributed by atoms with E-state index in [1.54, 1.807) is 4.90 Å². The van der Waals surface area contributed by atoms with Crippen LogP contribution in [0.15, 0.2) is 24.3 Å². The van der Waals surface area contributed by atoms with Gasteiger partial charge < -0.3 is 15.5 Å². The van der Waals surface area contributed by atoms with Crippen molar-refractivity contribution in [2.75, 3.05) is 13.1 Å². The Morgan fingerprint density at radius 3 is 2.76 bits per heavy atom.